The van der Waals surface area contributed by atoms with Gasteiger partial charge in [-0.3, -0.25) is 4.79 Å². The smallest absolute Gasteiger partial charge is 0.325 e. The third-order valence-electron chi connectivity index (χ3n) is 3.73. The summed E-state index contributed by atoms with van der Waals surface area (Å²) in [5.74, 6) is -1.24. The van der Waals surface area contributed by atoms with Crippen LogP contribution in [0.5, 0.6) is 0 Å². The molecule has 3 heteroatoms. The van der Waals surface area contributed by atoms with Gasteiger partial charge < -0.3 is 5.11 Å². The van der Waals surface area contributed by atoms with Crippen LogP contribution >= 0.6 is 0 Å². The Balaban J connectivity index is 2.48. The van der Waals surface area contributed by atoms with Crippen molar-refractivity contribution < 1.29 is 9.90 Å². The molecule has 1 aliphatic rings. The van der Waals surface area contributed by atoms with Crippen molar-refractivity contribution >= 4 is 5.97 Å². The van der Waals surface area contributed by atoms with E-state index in [1.807, 2.05) is 50.2 Å². The lowest BCUT2D eigenvalue weighted by molar-refractivity contribution is -0.142. The topological polar surface area (TPSA) is 61.1 Å². The van der Waals surface area contributed by atoms with Crippen LogP contribution in [0.15, 0.2) is 30.3 Å². The summed E-state index contributed by atoms with van der Waals surface area (Å²) in [7, 11) is 0. The van der Waals surface area contributed by atoms with Gasteiger partial charge in [0.15, 0.2) is 5.41 Å². The van der Waals surface area contributed by atoms with E-state index in [2.05, 4.69) is 0 Å². The molecule has 82 valence electrons. The van der Waals surface area contributed by atoms with Gasteiger partial charge >= 0.3 is 5.97 Å². The second kappa shape index (κ2) is 3.08. The summed E-state index contributed by atoms with van der Waals surface area (Å²) in [5, 5.41) is 18.4. The van der Waals surface area contributed by atoms with Gasteiger partial charge in [-0.05, 0) is 5.56 Å². The van der Waals surface area contributed by atoms with Gasteiger partial charge in [0.2, 0.25) is 0 Å². The minimum Gasteiger partial charge on any atom is -0.480 e. The number of carbonyl (C=O) groups is 1. The van der Waals surface area contributed by atoms with Crippen LogP contribution in [0.4, 0.5) is 0 Å². The Morgan fingerprint density at radius 2 is 1.94 bits per heavy atom. The van der Waals surface area contributed by atoms with Crippen molar-refractivity contribution in [2.45, 2.75) is 19.8 Å². The predicted molar refractivity (Wildman–Crippen MR) is 58.6 cm³/mol. The second-order valence-corrected chi connectivity index (χ2v) is 4.79. The molecule has 2 atom stereocenters. The molecule has 0 aliphatic heterocycles. The Morgan fingerprint density at radius 3 is 2.31 bits per heavy atom. The summed E-state index contributed by atoms with van der Waals surface area (Å²) < 4.78 is 0. The van der Waals surface area contributed by atoms with E-state index in [0.29, 0.717) is 0 Å². The predicted octanol–water partition coefficient (Wildman–Crippen LogP) is 2.40. The van der Waals surface area contributed by atoms with Crippen molar-refractivity contribution in [2.75, 3.05) is 0 Å². The fourth-order valence-electron chi connectivity index (χ4n) is 2.73. The van der Waals surface area contributed by atoms with Gasteiger partial charge in [-0.2, -0.15) is 5.26 Å². The first-order valence-corrected chi connectivity index (χ1v) is 5.18. The molecular weight excluding hydrogens is 202 g/mol. The maximum absolute atomic E-state index is 11.3. The van der Waals surface area contributed by atoms with E-state index in [-0.39, 0.29) is 5.92 Å². The summed E-state index contributed by atoms with van der Waals surface area (Å²) in [6, 6.07) is 11.4. The largest absolute Gasteiger partial charge is 0.480 e. The van der Waals surface area contributed by atoms with E-state index < -0.39 is 16.8 Å². The number of rotatable bonds is 2. The fraction of sp³-hybridized carbons (Fsp3) is 0.385. The molecule has 0 aromatic heterocycles. The highest BCUT2D eigenvalue weighted by atomic mass is 16.4. The molecule has 1 N–H and O–H groups in total. The number of nitrogens with zero attached hydrogens (tertiary/aromatic N) is 1. The monoisotopic (exact) mass is 215 g/mol. The number of aliphatic carboxylic acids is 1. The first kappa shape index (κ1) is 10.7. The fourth-order valence-corrected chi connectivity index (χ4v) is 2.73. The van der Waals surface area contributed by atoms with E-state index >= 15 is 0 Å². The number of hydrogen-bond acceptors (Lipinski definition) is 2. The van der Waals surface area contributed by atoms with Crippen molar-refractivity contribution in [1.29, 1.82) is 5.26 Å². The van der Waals surface area contributed by atoms with Gasteiger partial charge in [0, 0.05) is 11.3 Å². The third kappa shape index (κ3) is 1.04. The Hall–Kier alpha value is -1.82. The van der Waals surface area contributed by atoms with Crippen LogP contribution in [0.2, 0.25) is 0 Å². The number of carboxylic acid groups (broad SMARTS) is 1. The number of benzene rings is 1. The van der Waals surface area contributed by atoms with Crippen molar-refractivity contribution in [1.82, 2.24) is 0 Å². The molecule has 2 unspecified atom stereocenters. The maximum Gasteiger partial charge on any atom is 0.325 e. The quantitative estimate of drug-likeness (QED) is 0.824. The molecule has 1 aromatic carbocycles. The van der Waals surface area contributed by atoms with Gasteiger partial charge in [0.1, 0.15) is 0 Å². The van der Waals surface area contributed by atoms with Crippen LogP contribution in [-0.2, 0) is 4.79 Å². The molecule has 1 saturated carbocycles. The van der Waals surface area contributed by atoms with Crippen molar-refractivity contribution in [3.63, 3.8) is 0 Å². The van der Waals surface area contributed by atoms with Gasteiger partial charge in [-0.1, -0.05) is 44.2 Å². The average Bonchev–Trinajstić information content (AvgIpc) is 2.77. The van der Waals surface area contributed by atoms with E-state index in [9.17, 15) is 9.90 Å². The molecular formula is C13H13NO2. The van der Waals surface area contributed by atoms with E-state index in [0.717, 1.165) is 5.56 Å². The van der Waals surface area contributed by atoms with Crippen molar-refractivity contribution in [2.24, 2.45) is 10.8 Å². The van der Waals surface area contributed by atoms with Crippen molar-refractivity contribution in [3.05, 3.63) is 35.9 Å². The van der Waals surface area contributed by atoms with Crippen LogP contribution < -0.4 is 0 Å². The Labute approximate surface area is 94.3 Å². The molecule has 1 aromatic rings. The Kier molecular flexibility index (Phi) is 2.06. The molecule has 0 amide bonds. The Morgan fingerprint density at radius 1 is 1.38 bits per heavy atom. The van der Waals surface area contributed by atoms with Gasteiger partial charge in [-0.15, -0.1) is 0 Å². The van der Waals surface area contributed by atoms with Crippen LogP contribution in [0.25, 0.3) is 0 Å². The zero-order chi connectivity index (χ0) is 12.0. The van der Waals surface area contributed by atoms with Crippen LogP contribution in [0.3, 0.4) is 0 Å². The summed E-state index contributed by atoms with van der Waals surface area (Å²) >= 11 is 0. The SMILES string of the molecule is CC1(C)C(c2ccccc2)C1(C#N)C(=O)O. The maximum atomic E-state index is 11.3. The molecule has 0 radical (unpaired) electrons. The van der Waals surface area contributed by atoms with Crippen molar-refractivity contribution in [3.8, 4) is 6.07 Å². The summed E-state index contributed by atoms with van der Waals surface area (Å²) in [6.07, 6.45) is 0. The molecule has 0 heterocycles. The first-order chi connectivity index (χ1) is 7.48. The van der Waals surface area contributed by atoms with E-state index in [4.69, 9.17) is 5.26 Å². The molecule has 1 fully saturated rings. The van der Waals surface area contributed by atoms with Gasteiger partial charge in [-0.25, -0.2) is 0 Å². The highest BCUT2D eigenvalue weighted by Gasteiger charge is 2.77. The molecule has 0 spiro atoms. The molecule has 16 heavy (non-hydrogen) atoms. The summed E-state index contributed by atoms with van der Waals surface area (Å²) in [5.41, 5.74) is -0.847. The Bertz CT molecular complexity index is 472. The van der Waals surface area contributed by atoms with E-state index in [1.165, 1.54) is 0 Å². The lowest BCUT2D eigenvalue weighted by Crippen LogP contribution is -2.19. The standard InChI is InChI=1S/C13H13NO2/c1-12(2)10(9-6-4-3-5-7-9)13(12,8-14)11(15)16/h3-7,10H,1-2H3,(H,15,16). The molecule has 2 rings (SSSR count). The average molecular weight is 215 g/mol. The zero-order valence-electron chi connectivity index (χ0n) is 9.27. The molecule has 3 nitrogen and oxygen atoms in total. The second-order valence-electron chi connectivity index (χ2n) is 4.79. The number of hydrogen-bond donors (Lipinski definition) is 1. The molecule has 0 saturated heterocycles. The van der Waals surface area contributed by atoms with E-state index in [1.54, 1.807) is 0 Å². The number of carboxylic acids is 1. The van der Waals surface area contributed by atoms with Gasteiger partial charge in [0.25, 0.3) is 0 Å². The van der Waals surface area contributed by atoms with Gasteiger partial charge in [0.05, 0.1) is 6.07 Å². The highest BCUT2D eigenvalue weighted by molar-refractivity contribution is 5.86. The lowest BCUT2D eigenvalue weighted by atomic mass is 9.98. The molecule has 0 bridgehead atoms. The van der Waals surface area contributed by atoms with Crippen LogP contribution in [-0.4, -0.2) is 11.1 Å². The molecule has 1 aliphatic carbocycles. The minimum atomic E-state index is -1.27. The first-order valence-electron chi connectivity index (χ1n) is 5.18. The normalized spacial score (nSPS) is 30.4. The van der Waals surface area contributed by atoms with Crippen LogP contribution in [0.1, 0.15) is 25.3 Å². The zero-order valence-corrected chi connectivity index (χ0v) is 9.27. The summed E-state index contributed by atoms with van der Waals surface area (Å²) in [4.78, 5) is 11.3. The third-order valence-corrected chi connectivity index (χ3v) is 3.73. The minimum absolute atomic E-state index is 0.219. The highest BCUT2D eigenvalue weighted by Crippen LogP contribution is 2.73. The van der Waals surface area contributed by atoms with Crippen LogP contribution in [0, 0.1) is 22.2 Å². The summed E-state index contributed by atoms with van der Waals surface area (Å²) in [6.45, 7) is 3.67. The number of nitriles is 1. The lowest BCUT2D eigenvalue weighted by Gasteiger charge is -2.03.